The van der Waals surface area contributed by atoms with Gasteiger partial charge in [-0.15, -0.1) is 0 Å². The van der Waals surface area contributed by atoms with Crippen LogP contribution in [0.25, 0.3) is 0 Å². The molecular formula is C17H27ClN2O. The van der Waals surface area contributed by atoms with Gasteiger partial charge in [-0.05, 0) is 70.4 Å². The number of nitrogens with two attached hydrogens (primary N) is 1. The van der Waals surface area contributed by atoms with Crippen molar-refractivity contribution < 1.29 is 4.74 Å². The maximum absolute atomic E-state index is 6.17. The number of methoxy groups -OCH3 is 1. The highest BCUT2D eigenvalue weighted by Crippen LogP contribution is 2.38. The molecule has 0 saturated carbocycles. The fourth-order valence-electron chi connectivity index (χ4n) is 3.41. The molecular weight excluding hydrogens is 284 g/mol. The van der Waals surface area contributed by atoms with Gasteiger partial charge >= 0.3 is 0 Å². The van der Waals surface area contributed by atoms with Crippen LogP contribution in [0, 0.1) is 5.92 Å². The fraction of sp³-hybridized carbons (Fsp3) is 0.647. The normalized spacial score (nSPS) is 19.0. The summed E-state index contributed by atoms with van der Waals surface area (Å²) in [6.07, 6.45) is 2.38. The molecule has 4 heteroatoms. The molecule has 2 N–H and O–H groups in total. The number of piperidine rings is 1. The van der Waals surface area contributed by atoms with Gasteiger partial charge in [0.05, 0.1) is 7.11 Å². The summed E-state index contributed by atoms with van der Waals surface area (Å²) >= 11 is 6.17. The lowest BCUT2D eigenvalue weighted by atomic mass is 9.79. The predicted molar refractivity (Wildman–Crippen MR) is 89.2 cm³/mol. The van der Waals surface area contributed by atoms with Crippen molar-refractivity contribution in [3.8, 4) is 5.75 Å². The number of rotatable bonds is 5. The Morgan fingerprint density at radius 2 is 2.00 bits per heavy atom. The number of likely N-dealkylation sites (tertiary alicyclic amines) is 1. The molecule has 0 bridgehead atoms. The molecule has 1 aromatic rings. The highest BCUT2D eigenvalue weighted by Gasteiger charge is 2.29. The number of benzene rings is 1. The van der Waals surface area contributed by atoms with Gasteiger partial charge in [0.15, 0.2) is 0 Å². The zero-order valence-electron chi connectivity index (χ0n) is 13.3. The van der Waals surface area contributed by atoms with Gasteiger partial charge in [-0.2, -0.15) is 0 Å². The first-order valence-corrected chi connectivity index (χ1v) is 8.22. The molecule has 1 aromatic carbocycles. The summed E-state index contributed by atoms with van der Waals surface area (Å²) < 4.78 is 5.51. The van der Waals surface area contributed by atoms with Crippen LogP contribution in [0.4, 0.5) is 0 Å². The second kappa shape index (κ2) is 7.48. The molecule has 0 aliphatic carbocycles. The number of ether oxygens (including phenoxy) is 1. The second-order valence-electron chi connectivity index (χ2n) is 6.20. The Morgan fingerprint density at radius 3 is 2.52 bits per heavy atom. The van der Waals surface area contributed by atoms with Gasteiger partial charge in [-0.25, -0.2) is 0 Å². The van der Waals surface area contributed by atoms with Crippen LogP contribution in [-0.2, 0) is 0 Å². The van der Waals surface area contributed by atoms with Crippen molar-refractivity contribution in [2.45, 2.75) is 38.6 Å². The number of nitrogens with zero attached hydrogens (tertiary/aromatic N) is 1. The van der Waals surface area contributed by atoms with Gasteiger partial charge in [-0.3, -0.25) is 0 Å². The molecule has 0 radical (unpaired) electrons. The molecule has 21 heavy (non-hydrogen) atoms. The highest BCUT2D eigenvalue weighted by atomic mass is 35.5. The van der Waals surface area contributed by atoms with Gasteiger partial charge in [0.25, 0.3) is 0 Å². The van der Waals surface area contributed by atoms with E-state index < -0.39 is 0 Å². The molecule has 3 nitrogen and oxygen atoms in total. The van der Waals surface area contributed by atoms with E-state index in [1.165, 1.54) is 12.8 Å². The first kappa shape index (κ1) is 16.6. The molecule has 118 valence electrons. The molecule has 0 amide bonds. The Balaban J connectivity index is 2.15. The molecule has 1 atom stereocenters. The zero-order chi connectivity index (χ0) is 15.4. The molecule has 1 saturated heterocycles. The number of hydrogen-bond donors (Lipinski definition) is 1. The lowest BCUT2D eigenvalue weighted by molar-refractivity contribution is 0.137. The van der Waals surface area contributed by atoms with E-state index in [0.29, 0.717) is 24.4 Å². The van der Waals surface area contributed by atoms with Crippen molar-refractivity contribution in [1.29, 1.82) is 0 Å². The SMILES string of the molecule is COc1ccc(Cl)cc1C(CN)C1CCN(C(C)C)CC1. The maximum Gasteiger partial charge on any atom is 0.122 e. The van der Waals surface area contributed by atoms with Gasteiger partial charge in [0.1, 0.15) is 5.75 Å². The van der Waals surface area contributed by atoms with Crippen LogP contribution in [0.2, 0.25) is 5.02 Å². The van der Waals surface area contributed by atoms with Crippen molar-refractivity contribution in [3.05, 3.63) is 28.8 Å². The Bertz CT molecular complexity index is 456. The number of halogens is 1. The third-order valence-electron chi connectivity index (χ3n) is 4.72. The minimum Gasteiger partial charge on any atom is -0.496 e. The topological polar surface area (TPSA) is 38.5 Å². The Labute approximate surface area is 133 Å². The van der Waals surface area contributed by atoms with Crippen molar-refractivity contribution in [2.75, 3.05) is 26.7 Å². The van der Waals surface area contributed by atoms with E-state index in [1.807, 2.05) is 18.2 Å². The van der Waals surface area contributed by atoms with Crippen molar-refractivity contribution in [2.24, 2.45) is 11.7 Å². The zero-order valence-corrected chi connectivity index (χ0v) is 14.1. The standard InChI is InChI=1S/C17H27ClN2O/c1-12(2)20-8-6-13(7-9-20)16(11-19)15-10-14(18)4-5-17(15)21-3/h4-5,10,12-13,16H,6-9,11,19H2,1-3H3. The summed E-state index contributed by atoms with van der Waals surface area (Å²) in [5.41, 5.74) is 7.25. The van der Waals surface area contributed by atoms with E-state index in [-0.39, 0.29) is 0 Å². The van der Waals surface area contributed by atoms with Crippen LogP contribution in [-0.4, -0.2) is 37.7 Å². The van der Waals surface area contributed by atoms with E-state index in [0.717, 1.165) is 29.4 Å². The molecule has 1 fully saturated rings. The van der Waals surface area contributed by atoms with E-state index in [1.54, 1.807) is 7.11 Å². The summed E-state index contributed by atoms with van der Waals surface area (Å²) in [7, 11) is 1.71. The lowest BCUT2D eigenvalue weighted by Gasteiger charge is -2.38. The average molecular weight is 311 g/mol. The predicted octanol–water partition coefficient (Wildman–Crippen LogP) is 3.51. The summed E-state index contributed by atoms with van der Waals surface area (Å²) in [5.74, 6) is 1.84. The summed E-state index contributed by atoms with van der Waals surface area (Å²) in [6, 6.07) is 6.47. The summed E-state index contributed by atoms with van der Waals surface area (Å²) in [6.45, 7) is 7.48. The Morgan fingerprint density at radius 1 is 1.33 bits per heavy atom. The molecule has 2 rings (SSSR count). The molecule has 1 unspecified atom stereocenters. The van der Waals surface area contributed by atoms with Gasteiger partial charge in [0, 0.05) is 22.5 Å². The lowest BCUT2D eigenvalue weighted by Crippen LogP contribution is -2.40. The molecule has 1 aliphatic rings. The van der Waals surface area contributed by atoms with Crippen molar-refractivity contribution >= 4 is 11.6 Å². The molecule has 1 aliphatic heterocycles. The van der Waals surface area contributed by atoms with Crippen LogP contribution in [0.1, 0.15) is 38.2 Å². The monoisotopic (exact) mass is 310 g/mol. The summed E-state index contributed by atoms with van der Waals surface area (Å²) in [4.78, 5) is 2.54. The second-order valence-corrected chi connectivity index (χ2v) is 6.63. The fourth-order valence-corrected chi connectivity index (χ4v) is 3.59. The minimum atomic E-state index is 0.327. The van der Waals surface area contributed by atoms with Gasteiger partial charge in [-0.1, -0.05) is 11.6 Å². The maximum atomic E-state index is 6.17. The molecule has 0 aromatic heterocycles. The van der Waals surface area contributed by atoms with Crippen LogP contribution < -0.4 is 10.5 Å². The first-order valence-electron chi connectivity index (χ1n) is 7.84. The van der Waals surface area contributed by atoms with Crippen molar-refractivity contribution in [1.82, 2.24) is 4.90 Å². The van der Waals surface area contributed by atoms with E-state index in [2.05, 4.69) is 18.7 Å². The van der Waals surface area contributed by atoms with Crippen LogP contribution >= 0.6 is 11.6 Å². The quantitative estimate of drug-likeness (QED) is 0.904. The van der Waals surface area contributed by atoms with Gasteiger partial charge in [0.2, 0.25) is 0 Å². The Hall–Kier alpha value is -0.770. The minimum absolute atomic E-state index is 0.327. The Kier molecular flexibility index (Phi) is 5.91. The molecule has 0 spiro atoms. The van der Waals surface area contributed by atoms with Crippen LogP contribution in [0.15, 0.2) is 18.2 Å². The average Bonchev–Trinajstić information content (AvgIpc) is 2.49. The van der Waals surface area contributed by atoms with Crippen LogP contribution in [0.3, 0.4) is 0 Å². The third-order valence-corrected chi connectivity index (χ3v) is 4.95. The third kappa shape index (κ3) is 3.91. The largest absolute Gasteiger partial charge is 0.496 e. The first-order chi connectivity index (χ1) is 10.1. The van der Waals surface area contributed by atoms with Crippen LogP contribution in [0.5, 0.6) is 5.75 Å². The summed E-state index contributed by atoms with van der Waals surface area (Å²) in [5, 5.41) is 0.754. The van der Waals surface area contributed by atoms with Crippen molar-refractivity contribution in [3.63, 3.8) is 0 Å². The van der Waals surface area contributed by atoms with E-state index in [4.69, 9.17) is 22.1 Å². The number of hydrogen-bond acceptors (Lipinski definition) is 3. The highest BCUT2D eigenvalue weighted by molar-refractivity contribution is 6.30. The molecule has 1 heterocycles. The van der Waals surface area contributed by atoms with Gasteiger partial charge < -0.3 is 15.4 Å². The van der Waals surface area contributed by atoms with E-state index in [9.17, 15) is 0 Å². The van der Waals surface area contributed by atoms with E-state index >= 15 is 0 Å². The smallest absolute Gasteiger partial charge is 0.122 e.